The van der Waals surface area contributed by atoms with E-state index in [0.29, 0.717) is 12.5 Å². The highest BCUT2D eigenvalue weighted by Gasteiger charge is 2.23. The van der Waals surface area contributed by atoms with Gasteiger partial charge in [0.1, 0.15) is 0 Å². The van der Waals surface area contributed by atoms with Gasteiger partial charge in [0.05, 0.1) is 18.0 Å². The third-order valence-corrected chi connectivity index (χ3v) is 4.14. The summed E-state index contributed by atoms with van der Waals surface area (Å²) in [6.45, 7) is 5.08. The highest BCUT2D eigenvalue weighted by Crippen LogP contribution is 2.21. The van der Waals surface area contributed by atoms with Gasteiger partial charge in [-0.2, -0.15) is 0 Å². The first-order chi connectivity index (χ1) is 10.7. The van der Waals surface area contributed by atoms with Crippen molar-refractivity contribution < 1.29 is 9.53 Å². The first-order valence-electron chi connectivity index (χ1n) is 8.20. The Bertz CT molecular complexity index is 471. The molecule has 0 spiro atoms. The quantitative estimate of drug-likeness (QED) is 0.625. The van der Waals surface area contributed by atoms with E-state index in [1.54, 1.807) is 0 Å². The summed E-state index contributed by atoms with van der Waals surface area (Å²) in [5, 5.41) is 3.41. The molecule has 1 aliphatic heterocycles. The fourth-order valence-corrected chi connectivity index (χ4v) is 2.63. The Balaban J connectivity index is 1.69. The Hall–Kier alpha value is -1.91. The monoisotopic (exact) mass is 305 g/mol. The average molecular weight is 305 g/mol. The molecule has 1 heterocycles. The molecule has 1 aromatic rings. The normalized spacial score (nSPS) is 15.6. The predicted octanol–water partition coefficient (Wildman–Crippen LogP) is 3.33. The maximum atomic E-state index is 11.9. The van der Waals surface area contributed by atoms with Crippen LogP contribution in [-0.4, -0.2) is 37.2 Å². The van der Waals surface area contributed by atoms with Crippen molar-refractivity contribution in [2.24, 2.45) is 5.92 Å². The highest BCUT2D eigenvalue weighted by molar-refractivity contribution is 5.67. The fourth-order valence-electron chi connectivity index (χ4n) is 2.63. The van der Waals surface area contributed by atoms with Gasteiger partial charge in [-0.15, -0.1) is 0 Å². The summed E-state index contributed by atoms with van der Waals surface area (Å²) in [5.74, 6) is 0.569. The van der Waals surface area contributed by atoms with Crippen molar-refractivity contribution in [3.8, 4) is 0 Å². The molecule has 122 valence electrons. The lowest BCUT2D eigenvalue weighted by Crippen LogP contribution is -2.40. The molecule has 0 unspecified atom stereocenters. The maximum absolute atomic E-state index is 11.9. The van der Waals surface area contributed by atoms with E-state index in [1.807, 2.05) is 29.2 Å². The number of hydrogen-bond donors (Lipinski definition) is 2. The summed E-state index contributed by atoms with van der Waals surface area (Å²) in [7, 11) is 0. The van der Waals surface area contributed by atoms with Crippen LogP contribution in [0.3, 0.4) is 0 Å². The second kappa shape index (κ2) is 8.51. The van der Waals surface area contributed by atoms with E-state index in [-0.39, 0.29) is 6.09 Å². The zero-order chi connectivity index (χ0) is 15.8. The van der Waals surface area contributed by atoms with Crippen LogP contribution in [0.15, 0.2) is 24.3 Å². The molecular formula is C17H27N3O2. The van der Waals surface area contributed by atoms with Gasteiger partial charge in [0.2, 0.25) is 0 Å². The molecule has 0 saturated carbocycles. The van der Waals surface area contributed by atoms with E-state index in [9.17, 15) is 4.79 Å². The van der Waals surface area contributed by atoms with Crippen molar-refractivity contribution >= 4 is 17.5 Å². The Labute approximate surface area is 132 Å². The smallest absolute Gasteiger partial charge is 0.409 e. The van der Waals surface area contributed by atoms with Gasteiger partial charge in [-0.1, -0.05) is 25.5 Å². The Morgan fingerprint density at radius 2 is 2.09 bits per heavy atom. The van der Waals surface area contributed by atoms with Crippen molar-refractivity contribution in [1.82, 2.24) is 4.90 Å². The number of rotatable bonds is 6. The molecule has 22 heavy (non-hydrogen) atoms. The topological polar surface area (TPSA) is 67.6 Å². The number of benzene rings is 1. The number of hydrogen-bond acceptors (Lipinski definition) is 4. The van der Waals surface area contributed by atoms with Crippen LogP contribution in [0.25, 0.3) is 0 Å². The van der Waals surface area contributed by atoms with Gasteiger partial charge in [0, 0.05) is 19.6 Å². The number of carbonyl (C=O) groups is 1. The molecule has 1 aromatic carbocycles. The summed E-state index contributed by atoms with van der Waals surface area (Å²) in [6, 6.07) is 7.81. The fraction of sp³-hybridized carbons (Fsp3) is 0.588. The largest absolute Gasteiger partial charge is 0.449 e. The van der Waals surface area contributed by atoms with Gasteiger partial charge in [0.15, 0.2) is 0 Å². The lowest BCUT2D eigenvalue weighted by atomic mass is 9.97. The Morgan fingerprint density at radius 3 is 2.77 bits per heavy atom. The number of likely N-dealkylation sites (tertiary alicyclic amines) is 1. The molecule has 0 bridgehead atoms. The van der Waals surface area contributed by atoms with Crippen molar-refractivity contribution in [3.05, 3.63) is 24.3 Å². The number of carbonyl (C=O) groups excluding carboxylic acids is 1. The molecule has 5 nitrogen and oxygen atoms in total. The second-order valence-electron chi connectivity index (χ2n) is 5.87. The van der Waals surface area contributed by atoms with Crippen molar-refractivity contribution in [3.63, 3.8) is 0 Å². The van der Waals surface area contributed by atoms with Gasteiger partial charge in [-0.25, -0.2) is 4.79 Å². The van der Waals surface area contributed by atoms with Gasteiger partial charge >= 0.3 is 6.09 Å². The van der Waals surface area contributed by atoms with Crippen LogP contribution in [0.5, 0.6) is 0 Å². The summed E-state index contributed by atoms with van der Waals surface area (Å²) in [6.07, 6.45) is 3.83. The Kier molecular flexibility index (Phi) is 6.37. The minimum absolute atomic E-state index is 0.160. The molecule has 0 atom stereocenters. The summed E-state index contributed by atoms with van der Waals surface area (Å²) >= 11 is 0. The molecule has 1 amide bonds. The van der Waals surface area contributed by atoms with Crippen molar-refractivity contribution in [2.45, 2.75) is 32.6 Å². The van der Waals surface area contributed by atoms with Crippen LogP contribution in [-0.2, 0) is 4.74 Å². The predicted molar refractivity (Wildman–Crippen MR) is 89.9 cm³/mol. The summed E-state index contributed by atoms with van der Waals surface area (Å²) < 4.78 is 5.26. The first-order valence-corrected chi connectivity index (χ1v) is 8.20. The number of nitrogen functional groups attached to an aromatic ring is 1. The van der Waals surface area contributed by atoms with Crippen LogP contribution in [0.4, 0.5) is 16.2 Å². The molecule has 0 aromatic heterocycles. The number of para-hydroxylation sites is 2. The SMILES string of the molecule is CCCCOC(=O)N1CCC(CNc2ccccc2N)CC1. The van der Waals surface area contributed by atoms with Gasteiger partial charge in [-0.05, 0) is 37.3 Å². The van der Waals surface area contributed by atoms with Crippen LogP contribution in [0.2, 0.25) is 0 Å². The van der Waals surface area contributed by atoms with E-state index in [4.69, 9.17) is 10.5 Å². The lowest BCUT2D eigenvalue weighted by molar-refractivity contribution is 0.0877. The van der Waals surface area contributed by atoms with Gasteiger partial charge in [-0.3, -0.25) is 0 Å². The van der Waals surface area contributed by atoms with E-state index in [2.05, 4.69) is 12.2 Å². The molecule has 1 saturated heterocycles. The highest BCUT2D eigenvalue weighted by atomic mass is 16.6. The number of nitrogens with one attached hydrogen (secondary N) is 1. The average Bonchev–Trinajstić information content (AvgIpc) is 2.55. The minimum Gasteiger partial charge on any atom is -0.449 e. The van der Waals surface area contributed by atoms with Crippen LogP contribution in [0.1, 0.15) is 32.6 Å². The van der Waals surface area contributed by atoms with Gasteiger partial charge in [0.25, 0.3) is 0 Å². The minimum atomic E-state index is -0.160. The summed E-state index contributed by atoms with van der Waals surface area (Å²) in [5.41, 5.74) is 7.69. The number of amides is 1. The molecule has 1 aliphatic rings. The number of anilines is 2. The molecule has 2 rings (SSSR count). The van der Waals surface area contributed by atoms with E-state index in [0.717, 1.165) is 56.7 Å². The number of nitrogens with two attached hydrogens (primary N) is 1. The van der Waals surface area contributed by atoms with Gasteiger partial charge < -0.3 is 20.7 Å². The van der Waals surface area contributed by atoms with Crippen LogP contribution < -0.4 is 11.1 Å². The van der Waals surface area contributed by atoms with Crippen LogP contribution in [0, 0.1) is 5.92 Å². The number of unbranched alkanes of at least 4 members (excludes halogenated alkanes) is 1. The standard InChI is InChI=1S/C17H27N3O2/c1-2-3-12-22-17(21)20-10-8-14(9-11-20)13-19-16-7-5-4-6-15(16)18/h4-7,14,19H,2-3,8-13,18H2,1H3. The number of ether oxygens (including phenoxy) is 1. The third-order valence-electron chi connectivity index (χ3n) is 4.14. The third kappa shape index (κ3) is 4.83. The van der Waals surface area contributed by atoms with Crippen molar-refractivity contribution in [1.29, 1.82) is 0 Å². The molecule has 5 heteroatoms. The van der Waals surface area contributed by atoms with E-state index in [1.165, 1.54) is 0 Å². The molecule has 0 aliphatic carbocycles. The molecular weight excluding hydrogens is 278 g/mol. The maximum Gasteiger partial charge on any atom is 0.409 e. The lowest BCUT2D eigenvalue weighted by Gasteiger charge is -2.31. The zero-order valence-electron chi connectivity index (χ0n) is 13.4. The summed E-state index contributed by atoms with van der Waals surface area (Å²) in [4.78, 5) is 13.7. The molecule has 1 fully saturated rings. The molecule has 0 radical (unpaired) electrons. The van der Waals surface area contributed by atoms with E-state index < -0.39 is 0 Å². The number of nitrogens with zero attached hydrogens (tertiary/aromatic N) is 1. The number of piperidine rings is 1. The molecule has 3 N–H and O–H groups in total. The van der Waals surface area contributed by atoms with E-state index >= 15 is 0 Å². The second-order valence-corrected chi connectivity index (χ2v) is 5.87. The Morgan fingerprint density at radius 1 is 1.36 bits per heavy atom. The zero-order valence-corrected chi connectivity index (χ0v) is 13.4. The van der Waals surface area contributed by atoms with Crippen molar-refractivity contribution in [2.75, 3.05) is 37.3 Å². The van der Waals surface area contributed by atoms with Crippen LogP contribution >= 0.6 is 0 Å². The first kappa shape index (κ1) is 16.5.